The normalized spacial score (nSPS) is 16.7. The maximum atomic E-state index is 13.2. The van der Waals surface area contributed by atoms with Crippen molar-refractivity contribution in [1.29, 1.82) is 0 Å². The number of halogens is 1. The van der Waals surface area contributed by atoms with Crippen molar-refractivity contribution in [2.24, 2.45) is 0 Å². The standard InChI is InChI=1S/C24H23FN2O4S/c25-21-11-9-19(10-12-21)23-17-27(13-14-31-23)24(28)20-7-4-8-22(15-20)32(29,30)26-16-18-5-2-1-3-6-18/h1-12,15,23,26H,13-14,16-17H2/t23-/m1/s1. The highest BCUT2D eigenvalue weighted by Gasteiger charge is 2.27. The van der Waals surface area contributed by atoms with Crippen LogP contribution >= 0.6 is 0 Å². The number of amides is 1. The molecule has 0 spiro atoms. The summed E-state index contributed by atoms with van der Waals surface area (Å²) >= 11 is 0. The monoisotopic (exact) mass is 454 g/mol. The zero-order chi connectivity index (χ0) is 22.6. The Bertz CT molecular complexity index is 1180. The molecule has 1 saturated heterocycles. The molecule has 0 bridgehead atoms. The number of hydrogen-bond acceptors (Lipinski definition) is 4. The highest BCUT2D eigenvalue weighted by molar-refractivity contribution is 7.89. The van der Waals surface area contributed by atoms with E-state index in [-0.39, 0.29) is 34.8 Å². The number of hydrogen-bond donors (Lipinski definition) is 1. The minimum absolute atomic E-state index is 0.0302. The Morgan fingerprint density at radius 1 is 1.03 bits per heavy atom. The third-order valence-corrected chi connectivity index (χ3v) is 6.69. The Hall–Kier alpha value is -3.07. The van der Waals surface area contributed by atoms with Crippen LogP contribution in [-0.4, -0.2) is 38.9 Å². The van der Waals surface area contributed by atoms with E-state index in [0.717, 1.165) is 11.1 Å². The van der Waals surface area contributed by atoms with Crippen LogP contribution in [-0.2, 0) is 21.3 Å². The average molecular weight is 455 g/mol. The summed E-state index contributed by atoms with van der Waals surface area (Å²) in [5, 5.41) is 0. The van der Waals surface area contributed by atoms with Gasteiger partial charge in [-0.2, -0.15) is 0 Å². The number of ether oxygens (including phenoxy) is 1. The second-order valence-electron chi connectivity index (χ2n) is 7.50. The maximum absolute atomic E-state index is 13.2. The third kappa shape index (κ3) is 5.21. The Kier molecular flexibility index (Phi) is 6.64. The van der Waals surface area contributed by atoms with E-state index in [4.69, 9.17) is 4.74 Å². The van der Waals surface area contributed by atoms with Gasteiger partial charge in [0.1, 0.15) is 11.9 Å². The van der Waals surface area contributed by atoms with Crippen molar-refractivity contribution < 1.29 is 22.3 Å². The number of nitrogens with one attached hydrogen (secondary N) is 1. The van der Waals surface area contributed by atoms with Crippen LogP contribution in [0.4, 0.5) is 4.39 Å². The molecule has 1 N–H and O–H groups in total. The molecule has 0 unspecified atom stereocenters. The average Bonchev–Trinajstić information content (AvgIpc) is 2.84. The summed E-state index contributed by atoms with van der Waals surface area (Å²) in [6.45, 7) is 1.18. The van der Waals surface area contributed by atoms with Crippen molar-refractivity contribution in [3.05, 3.63) is 101 Å². The van der Waals surface area contributed by atoms with Crippen molar-refractivity contribution in [2.75, 3.05) is 19.7 Å². The number of benzene rings is 3. The molecule has 1 aliphatic heterocycles. The molecule has 3 aromatic rings. The molecular formula is C24H23FN2O4S. The van der Waals surface area contributed by atoms with Crippen LogP contribution in [0.5, 0.6) is 0 Å². The molecule has 1 fully saturated rings. The molecular weight excluding hydrogens is 431 g/mol. The van der Waals surface area contributed by atoms with E-state index >= 15 is 0 Å². The first-order valence-corrected chi connectivity index (χ1v) is 11.7. The summed E-state index contributed by atoms with van der Waals surface area (Å²) in [5.41, 5.74) is 1.90. The van der Waals surface area contributed by atoms with Gasteiger partial charge in [0.25, 0.3) is 5.91 Å². The van der Waals surface area contributed by atoms with Crippen molar-refractivity contribution in [1.82, 2.24) is 9.62 Å². The fourth-order valence-electron chi connectivity index (χ4n) is 3.55. The topological polar surface area (TPSA) is 75.7 Å². The highest BCUT2D eigenvalue weighted by atomic mass is 32.2. The first kappa shape index (κ1) is 22.1. The van der Waals surface area contributed by atoms with Gasteiger partial charge in [-0.3, -0.25) is 4.79 Å². The van der Waals surface area contributed by atoms with Crippen molar-refractivity contribution >= 4 is 15.9 Å². The molecule has 32 heavy (non-hydrogen) atoms. The predicted molar refractivity (Wildman–Crippen MR) is 118 cm³/mol. The van der Waals surface area contributed by atoms with E-state index in [0.29, 0.717) is 19.7 Å². The third-order valence-electron chi connectivity index (χ3n) is 5.30. The molecule has 3 aromatic carbocycles. The molecule has 0 saturated carbocycles. The maximum Gasteiger partial charge on any atom is 0.254 e. The molecule has 0 aromatic heterocycles. The molecule has 1 heterocycles. The zero-order valence-electron chi connectivity index (χ0n) is 17.3. The number of carbonyl (C=O) groups excluding carboxylic acids is 1. The van der Waals surface area contributed by atoms with Gasteiger partial charge in [-0.15, -0.1) is 0 Å². The minimum Gasteiger partial charge on any atom is -0.370 e. The van der Waals surface area contributed by atoms with Gasteiger partial charge in [0.15, 0.2) is 0 Å². The Morgan fingerprint density at radius 3 is 2.53 bits per heavy atom. The van der Waals surface area contributed by atoms with Crippen LogP contribution < -0.4 is 4.72 Å². The number of rotatable bonds is 6. The summed E-state index contributed by atoms with van der Waals surface area (Å²) in [7, 11) is -3.78. The summed E-state index contributed by atoms with van der Waals surface area (Å²) < 4.78 is 47.0. The lowest BCUT2D eigenvalue weighted by atomic mass is 10.1. The smallest absolute Gasteiger partial charge is 0.254 e. The molecule has 1 aliphatic rings. The lowest BCUT2D eigenvalue weighted by Crippen LogP contribution is -2.42. The van der Waals surface area contributed by atoms with Gasteiger partial charge in [0.2, 0.25) is 10.0 Å². The number of morpholine rings is 1. The number of carbonyl (C=O) groups is 1. The summed E-state index contributed by atoms with van der Waals surface area (Å²) in [6, 6.07) is 21.2. The van der Waals surface area contributed by atoms with Crippen LogP contribution in [0.2, 0.25) is 0 Å². The van der Waals surface area contributed by atoms with Crippen LogP contribution in [0.3, 0.4) is 0 Å². The second kappa shape index (κ2) is 9.60. The minimum atomic E-state index is -3.78. The largest absolute Gasteiger partial charge is 0.370 e. The summed E-state index contributed by atoms with van der Waals surface area (Å²) in [5.74, 6) is -0.614. The molecule has 1 atom stereocenters. The van der Waals surface area contributed by atoms with E-state index in [1.165, 1.54) is 24.3 Å². The highest BCUT2D eigenvalue weighted by Crippen LogP contribution is 2.24. The van der Waals surface area contributed by atoms with E-state index < -0.39 is 10.0 Å². The van der Waals surface area contributed by atoms with Crippen LogP contribution in [0.1, 0.15) is 27.6 Å². The van der Waals surface area contributed by atoms with Gasteiger partial charge in [-0.1, -0.05) is 48.5 Å². The van der Waals surface area contributed by atoms with Crippen molar-refractivity contribution in [3.63, 3.8) is 0 Å². The lowest BCUT2D eigenvalue weighted by molar-refractivity contribution is -0.0228. The van der Waals surface area contributed by atoms with Gasteiger partial charge in [-0.25, -0.2) is 17.5 Å². The number of nitrogens with zero attached hydrogens (tertiary/aromatic N) is 1. The Balaban J connectivity index is 1.47. The zero-order valence-corrected chi connectivity index (χ0v) is 18.1. The number of sulfonamides is 1. The summed E-state index contributed by atoms with van der Waals surface area (Å²) in [4.78, 5) is 14.7. The van der Waals surface area contributed by atoms with E-state index in [9.17, 15) is 17.6 Å². The predicted octanol–water partition coefficient (Wildman–Crippen LogP) is 3.52. The van der Waals surface area contributed by atoms with Gasteiger partial charge >= 0.3 is 0 Å². The Morgan fingerprint density at radius 2 is 1.78 bits per heavy atom. The van der Waals surface area contributed by atoms with Crippen LogP contribution in [0.25, 0.3) is 0 Å². The molecule has 8 heteroatoms. The quantitative estimate of drug-likeness (QED) is 0.619. The fourth-order valence-corrected chi connectivity index (χ4v) is 4.61. The van der Waals surface area contributed by atoms with Gasteiger partial charge in [0, 0.05) is 18.7 Å². The van der Waals surface area contributed by atoms with Crippen molar-refractivity contribution in [3.8, 4) is 0 Å². The molecule has 166 valence electrons. The van der Waals surface area contributed by atoms with Crippen LogP contribution in [0.15, 0.2) is 83.8 Å². The summed E-state index contributed by atoms with van der Waals surface area (Å²) in [6.07, 6.45) is -0.368. The van der Waals surface area contributed by atoms with E-state index in [2.05, 4.69) is 4.72 Å². The fraction of sp³-hybridized carbons (Fsp3) is 0.208. The molecule has 0 radical (unpaired) electrons. The first-order valence-electron chi connectivity index (χ1n) is 10.2. The van der Waals surface area contributed by atoms with Crippen LogP contribution in [0, 0.1) is 5.82 Å². The second-order valence-corrected chi connectivity index (χ2v) is 9.27. The van der Waals surface area contributed by atoms with Gasteiger partial charge in [0.05, 0.1) is 18.0 Å². The SMILES string of the molecule is O=C(c1cccc(S(=O)(=O)NCc2ccccc2)c1)N1CCO[C@@H](c2ccc(F)cc2)C1. The van der Waals surface area contributed by atoms with Gasteiger partial charge < -0.3 is 9.64 Å². The molecule has 4 rings (SSSR count). The van der Waals surface area contributed by atoms with Gasteiger partial charge in [-0.05, 0) is 41.5 Å². The van der Waals surface area contributed by atoms with E-state index in [1.54, 1.807) is 29.2 Å². The lowest BCUT2D eigenvalue weighted by Gasteiger charge is -2.33. The Labute approximate surface area is 186 Å². The molecule has 0 aliphatic carbocycles. The molecule has 1 amide bonds. The first-order chi connectivity index (χ1) is 15.4. The van der Waals surface area contributed by atoms with E-state index in [1.807, 2.05) is 30.3 Å². The molecule has 6 nitrogen and oxygen atoms in total. The van der Waals surface area contributed by atoms with Crippen molar-refractivity contribution in [2.45, 2.75) is 17.5 Å².